The molecule has 0 saturated carbocycles. The van der Waals surface area contributed by atoms with Crippen LogP contribution in [0.3, 0.4) is 0 Å². The fraction of sp³-hybridized carbons (Fsp3) is 0.423. The normalized spacial score (nSPS) is 18.9. The summed E-state index contributed by atoms with van der Waals surface area (Å²) in [6, 6.07) is 14.8. The van der Waals surface area contributed by atoms with Crippen molar-refractivity contribution in [3.63, 3.8) is 0 Å². The second-order valence-corrected chi connectivity index (χ2v) is 8.72. The van der Waals surface area contributed by atoms with Crippen molar-refractivity contribution < 1.29 is 23.9 Å². The number of esters is 1. The molecule has 1 saturated heterocycles. The third kappa shape index (κ3) is 4.72. The number of carbonyl (C=O) groups excluding carboxylic acids is 3. The van der Waals surface area contributed by atoms with Crippen LogP contribution < -0.4 is 10.1 Å². The Bertz CT molecular complexity index is 1030. The monoisotopic (exact) mass is 450 g/mol. The largest absolute Gasteiger partial charge is 0.497 e. The summed E-state index contributed by atoms with van der Waals surface area (Å²) >= 11 is 0. The van der Waals surface area contributed by atoms with Crippen molar-refractivity contribution in [3.8, 4) is 5.75 Å². The quantitative estimate of drug-likeness (QED) is 0.655. The molecule has 2 aliphatic heterocycles. The van der Waals surface area contributed by atoms with Crippen molar-refractivity contribution in [3.05, 3.63) is 65.2 Å². The van der Waals surface area contributed by atoms with Crippen molar-refractivity contribution in [2.75, 3.05) is 26.8 Å². The number of hydrogen-bond donors (Lipinski definition) is 1. The van der Waals surface area contributed by atoms with Gasteiger partial charge in [0.1, 0.15) is 5.75 Å². The van der Waals surface area contributed by atoms with Gasteiger partial charge in [0.15, 0.2) is 0 Å². The Morgan fingerprint density at radius 3 is 2.45 bits per heavy atom. The van der Waals surface area contributed by atoms with E-state index in [1.165, 1.54) is 0 Å². The summed E-state index contributed by atoms with van der Waals surface area (Å²) in [6.45, 7) is 3.10. The first kappa shape index (κ1) is 22.8. The van der Waals surface area contributed by atoms with Crippen LogP contribution in [-0.4, -0.2) is 49.5 Å². The zero-order chi connectivity index (χ0) is 23.4. The molecule has 1 atom stereocenters. The van der Waals surface area contributed by atoms with E-state index in [-0.39, 0.29) is 30.2 Å². The Balaban J connectivity index is 1.43. The Morgan fingerprint density at radius 2 is 1.79 bits per heavy atom. The molecule has 0 radical (unpaired) electrons. The molecule has 4 rings (SSSR count). The molecule has 1 fully saturated rings. The van der Waals surface area contributed by atoms with E-state index in [0.29, 0.717) is 44.5 Å². The van der Waals surface area contributed by atoms with E-state index in [0.717, 1.165) is 16.9 Å². The fourth-order valence-electron chi connectivity index (χ4n) is 4.84. The average Bonchev–Trinajstić information content (AvgIpc) is 3.15. The van der Waals surface area contributed by atoms with E-state index >= 15 is 0 Å². The molecule has 1 N–H and O–H groups in total. The Hall–Kier alpha value is -3.35. The summed E-state index contributed by atoms with van der Waals surface area (Å²) in [5, 5.41) is 2.91. The smallest absolute Gasteiger partial charge is 0.312 e. The zero-order valence-corrected chi connectivity index (χ0v) is 19.1. The number of nitrogens with zero attached hydrogens (tertiary/aromatic N) is 1. The average molecular weight is 451 g/mol. The summed E-state index contributed by atoms with van der Waals surface area (Å²) in [5.74, 6) is 0.414. The number of ether oxygens (including phenoxy) is 2. The molecule has 2 aliphatic rings. The Kier molecular flexibility index (Phi) is 6.67. The van der Waals surface area contributed by atoms with Crippen molar-refractivity contribution >= 4 is 17.8 Å². The zero-order valence-electron chi connectivity index (χ0n) is 19.1. The predicted octanol–water partition coefficient (Wildman–Crippen LogP) is 3.28. The molecule has 0 unspecified atom stereocenters. The van der Waals surface area contributed by atoms with Gasteiger partial charge in [-0.2, -0.15) is 0 Å². The number of methoxy groups -OCH3 is 1. The molecule has 0 aliphatic carbocycles. The van der Waals surface area contributed by atoms with Gasteiger partial charge in [0.05, 0.1) is 31.6 Å². The first-order chi connectivity index (χ1) is 16.0. The van der Waals surface area contributed by atoms with Gasteiger partial charge in [-0.05, 0) is 55.5 Å². The maximum absolute atomic E-state index is 13.1. The molecule has 2 aromatic rings. The summed E-state index contributed by atoms with van der Waals surface area (Å²) in [7, 11) is 1.62. The Labute approximate surface area is 194 Å². The number of likely N-dealkylation sites (tertiary alicyclic amines) is 1. The lowest BCUT2D eigenvalue weighted by Crippen LogP contribution is -2.48. The van der Waals surface area contributed by atoms with Crippen LogP contribution in [0.1, 0.15) is 53.7 Å². The van der Waals surface area contributed by atoms with Gasteiger partial charge in [0.2, 0.25) is 5.91 Å². The lowest BCUT2D eigenvalue weighted by molar-refractivity contribution is -0.160. The highest BCUT2D eigenvalue weighted by Gasteiger charge is 2.44. The third-order valence-corrected chi connectivity index (χ3v) is 6.75. The number of rotatable bonds is 7. The minimum atomic E-state index is -0.657. The molecular formula is C26H30N2O5. The topological polar surface area (TPSA) is 84.9 Å². The lowest BCUT2D eigenvalue weighted by atomic mass is 9.73. The molecule has 33 heavy (non-hydrogen) atoms. The first-order valence-corrected chi connectivity index (χ1v) is 11.4. The third-order valence-electron chi connectivity index (χ3n) is 6.75. The van der Waals surface area contributed by atoms with Gasteiger partial charge in [-0.25, -0.2) is 0 Å². The molecule has 2 amide bonds. The fourth-order valence-corrected chi connectivity index (χ4v) is 4.84. The SMILES string of the molecule is CCOC(=O)C1(Cc2ccc(OC)cc2)CCN(C(=O)C[C@@H]2NC(=O)c3ccccc32)CC1. The predicted molar refractivity (Wildman–Crippen MR) is 123 cm³/mol. The van der Waals surface area contributed by atoms with Crippen LogP contribution in [0.5, 0.6) is 5.75 Å². The number of hydrogen-bond acceptors (Lipinski definition) is 5. The minimum Gasteiger partial charge on any atom is -0.497 e. The maximum Gasteiger partial charge on any atom is 0.312 e. The summed E-state index contributed by atoms with van der Waals surface area (Å²) < 4.78 is 10.7. The van der Waals surface area contributed by atoms with Gasteiger partial charge in [0, 0.05) is 18.7 Å². The standard InChI is InChI=1S/C26H30N2O5/c1-3-33-25(31)26(17-18-8-10-19(32-2)11-9-18)12-14-28(15-13-26)23(29)16-22-20-6-4-5-7-21(20)24(30)27-22/h4-11,22H,3,12-17H2,1-2H3,(H,27,30)/t22-/m0/s1. The van der Waals surface area contributed by atoms with Gasteiger partial charge < -0.3 is 19.7 Å². The maximum atomic E-state index is 13.1. The van der Waals surface area contributed by atoms with Crippen LogP contribution in [0.15, 0.2) is 48.5 Å². The Morgan fingerprint density at radius 1 is 1.09 bits per heavy atom. The summed E-state index contributed by atoms with van der Waals surface area (Å²) in [5.41, 5.74) is 1.88. The van der Waals surface area contributed by atoms with E-state index in [1.807, 2.05) is 49.4 Å². The van der Waals surface area contributed by atoms with E-state index in [4.69, 9.17) is 9.47 Å². The van der Waals surface area contributed by atoms with Crippen molar-refractivity contribution in [1.29, 1.82) is 0 Å². The number of piperidine rings is 1. The van der Waals surface area contributed by atoms with E-state index in [2.05, 4.69) is 5.32 Å². The molecular weight excluding hydrogens is 420 g/mol. The van der Waals surface area contributed by atoms with Gasteiger partial charge >= 0.3 is 5.97 Å². The molecule has 2 heterocycles. The molecule has 2 aromatic carbocycles. The lowest BCUT2D eigenvalue weighted by Gasteiger charge is -2.40. The highest BCUT2D eigenvalue weighted by Crippen LogP contribution is 2.38. The van der Waals surface area contributed by atoms with Crippen molar-refractivity contribution in [2.45, 2.75) is 38.6 Å². The van der Waals surface area contributed by atoms with Gasteiger partial charge in [0.25, 0.3) is 5.91 Å². The number of fused-ring (bicyclic) bond motifs is 1. The number of carbonyl (C=O) groups is 3. The highest BCUT2D eigenvalue weighted by atomic mass is 16.5. The van der Waals surface area contributed by atoms with Gasteiger partial charge in [-0.1, -0.05) is 30.3 Å². The second kappa shape index (κ2) is 9.65. The highest BCUT2D eigenvalue weighted by molar-refractivity contribution is 5.99. The molecule has 0 spiro atoms. The van der Waals surface area contributed by atoms with E-state index < -0.39 is 5.41 Å². The molecule has 7 heteroatoms. The summed E-state index contributed by atoms with van der Waals surface area (Å²) in [4.78, 5) is 40.0. The molecule has 7 nitrogen and oxygen atoms in total. The van der Waals surface area contributed by atoms with Crippen molar-refractivity contribution in [2.24, 2.45) is 5.41 Å². The minimum absolute atomic E-state index is 0.0149. The van der Waals surface area contributed by atoms with Crippen LogP contribution in [0.2, 0.25) is 0 Å². The van der Waals surface area contributed by atoms with Gasteiger partial charge in [-0.3, -0.25) is 14.4 Å². The van der Waals surface area contributed by atoms with E-state index in [1.54, 1.807) is 18.1 Å². The van der Waals surface area contributed by atoms with Crippen LogP contribution in [0.4, 0.5) is 0 Å². The van der Waals surface area contributed by atoms with Crippen LogP contribution in [0, 0.1) is 5.41 Å². The number of benzene rings is 2. The number of amides is 2. The molecule has 0 aromatic heterocycles. The van der Waals surface area contributed by atoms with Crippen molar-refractivity contribution in [1.82, 2.24) is 10.2 Å². The molecule has 174 valence electrons. The number of nitrogens with one attached hydrogen (secondary N) is 1. The van der Waals surface area contributed by atoms with E-state index in [9.17, 15) is 14.4 Å². The second-order valence-electron chi connectivity index (χ2n) is 8.72. The van der Waals surface area contributed by atoms with Gasteiger partial charge in [-0.15, -0.1) is 0 Å². The van der Waals surface area contributed by atoms with Crippen LogP contribution >= 0.6 is 0 Å². The van der Waals surface area contributed by atoms with Crippen LogP contribution in [-0.2, 0) is 20.7 Å². The molecule has 0 bridgehead atoms. The summed E-state index contributed by atoms with van der Waals surface area (Å²) in [6.07, 6.45) is 1.85. The van der Waals surface area contributed by atoms with Crippen LogP contribution in [0.25, 0.3) is 0 Å². The first-order valence-electron chi connectivity index (χ1n) is 11.4.